The summed E-state index contributed by atoms with van der Waals surface area (Å²) in [7, 11) is 4.04. The first-order valence-electron chi connectivity index (χ1n) is 8.03. The fraction of sp³-hybridized carbons (Fsp3) is 0.611. The second-order valence-corrected chi connectivity index (χ2v) is 7.66. The van der Waals surface area contributed by atoms with E-state index in [1.165, 1.54) is 12.8 Å². The fourth-order valence-electron chi connectivity index (χ4n) is 2.68. The number of carbonyl (C=O) groups is 1. The molecule has 0 bridgehead atoms. The van der Waals surface area contributed by atoms with Gasteiger partial charge in [-0.05, 0) is 42.5 Å². The molecule has 0 aliphatic heterocycles. The monoisotopic (exact) mass is 303 g/mol. The Labute approximate surface area is 134 Å². The van der Waals surface area contributed by atoms with E-state index < -0.39 is 0 Å². The first kappa shape index (κ1) is 16.7. The second-order valence-electron chi connectivity index (χ2n) is 7.66. The van der Waals surface area contributed by atoms with Gasteiger partial charge < -0.3 is 15.5 Å². The normalized spacial score (nSPS) is 14.8. The van der Waals surface area contributed by atoms with Crippen molar-refractivity contribution in [2.45, 2.75) is 40.2 Å². The maximum absolute atomic E-state index is 12.8. The van der Waals surface area contributed by atoms with Crippen LogP contribution in [-0.2, 0) is 11.3 Å². The van der Waals surface area contributed by atoms with Crippen LogP contribution >= 0.6 is 0 Å². The first-order chi connectivity index (χ1) is 10.2. The van der Waals surface area contributed by atoms with Gasteiger partial charge in [0.1, 0.15) is 0 Å². The lowest BCUT2D eigenvalue weighted by Crippen LogP contribution is -2.40. The van der Waals surface area contributed by atoms with Crippen LogP contribution in [0.1, 0.15) is 39.2 Å². The maximum Gasteiger partial charge on any atom is 0.228 e. The minimum atomic E-state index is -0.354. The van der Waals surface area contributed by atoms with Crippen LogP contribution in [0.5, 0.6) is 0 Å². The zero-order valence-electron chi connectivity index (χ0n) is 14.5. The van der Waals surface area contributed by atoms with E-state index in [-0.39, 0.29) is 11.3 Å². The van der Waals surface area contributed by atoms with Crippen molar-refractivity contribution in [3.05, 3.63) is 23.8 Å². The molecule has 0 heterocycles. The van der Waals surface area contributed by atoms with Gasteiger partial charge in [0.2, 0.25) is 5.91 Å². The molecule has 1 aromatic carbocycles. The third kappa shape index (κ3) is 4.15. The smallest absolute Gasteiger partial charge is 0.228 e. The van der Waals surface area contributed by atoms with Crippen LogP contribution < -0.4 is 10.6 Å². The first-order valence-corrected chi connectivity index (χ1v) is 8.03. The predicted molar refractivity (Wildman–Crippen MR) is 92.8 cm³/mol. The van der Waals surface area contributed by atoms with Crippen LogP contribution in [0.2, 0.25) is 0 Å². The topological polar surface area (TPSA) is 49.6 Å². The largest absolute Gasteiger partial charge is 0.399 e. The summed E-state index contributed by atoms with van der Waals surface area (Å²) in [5.74, 6) is 0.890. The Morgan fingerprint density at radius 2 is 1.91 bits per heavy atom. The number of hydrogen-bond acceptors (Lipinski definition) is 3. The summed E-state index contributed by atoms with van der Waals surface area (Å²) in [6, 6.07) is 5.93. The van der Waals surface area contributed by atoms with Crippen LogP contribution in [0.15, 0.2) is 18.2 Å². The van der Waals surface area contributed by atoms with Gasteiger partial charge in [-0.25, -0.2) is 0 Å². The summed E-state index contributed by atoms with van der Waals surface area (Å²) in [5, 5.41) is 0. The molecule has 0 radical (unpaired) electrons. The van der Waals surface area contributed by atoms with Gasteiger partial charge in [-0.1, -0.05) is 20.8 Å². The van der Waals surface area contributed by atoms with E-state index in [0.29, 0.717) is 12.5 Å². The number of rotatable bonds is 5. The molecule has 1 aromatic rings. The average molecular weight is 303 g/mol. The number of carbonyl (C=O) groups excluding carboxylic acids is 1. The van der Waals surface area contributed by atoms with Gasteiger partial charge >= 0.3 is 0 Å². The molecule has 122 valence electrons. The lowest BCUT2D eigenvalue weighted by Gasteiger charge is -2.31. The molecule has 0 spiro atoms. The Hall–Kier alpha value is -1.71. The van der Waals surface area contributed by atoms with Gasteiger partial charge in [0.05, 0.1) is 0 Å². The zero-order valence-corrected chi connectivity index (χ0v) is 14.5. The van der Waals surface area contributed by atoms with Crippen LogP contribution in [0.3, 0.4) is 0 Å². The third-order valence-corrected chi connectivity index (χ3v) is 4.05. The van der Waals surface area contributed by atoms with Crippen LogP contribution in [0.25, 0.3) is 0 Å². The zero-order chi connectivity index (χ0) is 16.5. The van der Waals surface area contributed by atoms with E-state index in [4.69, 9.17) is 5.73 Å². The Kier molecular flexibility index (Phi) is 4.69. The molecule has 4 nitrogen and oxygen atoms in total. The van der Waals surface area contributed by atoms with Crippen LogP contribution in [0.4, 0.5) is 11.4 Å². The lowest BCUT2D eigenvalue weighted by molar-refractivity contribution is -0.140. The van der Waals surface area contributed by atoms with Gasteiger partial charge in [-0.3, -0.25) is 4.79 Å². The van der Waals surface area contributed by atoms with Crippen molar-refractivity contribution >= 4 is 17.3 Å². The summed E-state index contributed by atoms with van der Waals surface area (Å²) in [4.78, 5) is 16.9. The molecule has 1 saturated carbocycles. The van der Waals surface area contributed by atoms with Gasteiger partial charge in [0.15, 0.2) is 0 Å². The molecule has 1 fully saturated rings. The van der Waals surface area contributed by atoms with E-state index in [1.54, 1.807) is 0 Å². The number of benzene rings is 1. The van der Waals surface area contributed by atoms with Gasteiger partial charge in [-0.15, -0.1) is 0 Å². The number of nitrogen functional groups attached to an aromatic ring is 1. The van der Waals surface area contributed by atoms with Gasteiger partial charge in [-0.2, -0.15) is 0 Å². The lowest BCUT2D eigenvalue weighted by atomic mass is 9.94. The molecule has 2 N–H and O–H groups in total. The number of nitrogens with zero attached hydrogens (tertiary/aromatic N) is 2. The van der Waals surface area contributed by atoms with E-state index in [2.05, 4.69) is 4.90 Å². The standard InChI is InChI=1S/C18H29N3O/c1-18(2,3)17(22)21(11-13-6-7-13)12-14-10-15(19)8-9-16(14)20(4)5/h8-10,13H,6-7,11-12,19H2,1-5H3. The molecule has 0 aromatic heterocycles. The molecule has 4 heteroatoms. The SMILES string of the molecule is CN(C)c1ccc(N)cc1CN(CC1CC1)C(=O)C(C)(C)C. The molecule has 0 saturated heterocycles. The highest BCUT2D eigenvalue weighted by molar-refractivity contribution is 5.81. The van der Waals surface area contributed by atoms with Crippen molar-refractivity contribution in [3.8, 4) is 0 Å². The highest BCUT2D eigenvalue weighted by Gasteiger charge is 2.32. The summed E-state index contributed by atoms with van der Waals surface area (Å²) < 4.78 is 0. The highest BCUT2D eigenvalue weighted by atomic mass is 16.2. The van der Waals surface area contributed by atoms with E-state index in [0.717, 1.165) is 23.5 Å². The molecule has 1 aliphatic rings. The summed E-state index contributed by atoms with van der Waals surface area (Å²) in [6.07, 6.45) is 2.48. The molecule has 1 amide bonds. The molecule has 0 atom stereocenters. The predicted octanol–water partition coefficient (Wildman–Crippen LogP) is 3.12. The van der Waals surface area contributed by atoms with Crippen LogP contribution in [0, 0.1) is 11.3 Å². The van der Waals surface area contributed by atoms with Crippen molar-refractivity contribution in [1.82, 2.24) is 4.90 Å². The molecule has 0 unspecified atom stereocenters. The van der Waals surface area contributed by atoms with Crippen molar-refractivity contribution in [3.63, 3.8) is 0 Å². The van der Waals surface area contributed by atoms with E-state index in [1.807, 2.05) is 58.0 Å². The number of amides is 1. The van der Waals surface area contributed by atoms with E-state index >= 15 is 0 Å². The minimum absolute atomic E-state index is 0.214. The van der Waals surface area contributed by atoms with Crippen molar-refractivity contribution in [2.24, 2.45) is 11.3 Å². The second kappa shape index (κ2) is 6.19. The quantitative estimate of drug-likeness (QED) is 0.850. The van der Waals surface area contributed by atoms with Crippen LogP contribution in [-0.4, -0.2) is 31.4 Å². The molecular weight excluding hydrogens is 274 g/mol. The molecule has 22 heavy (non-hydrogen) atoms. The third-order valence-electron chi connectivity index (χ3n) is 4.05. The Bertz CT molecular complexity index is 542. The Balaban J connectivity index is 2.26. The highest BCUT2D eigenvalue weighted by Crippen LogP contribution is 2.33. The number of hydrogen-bond donors (Lipinski definition) is 1. The number of nitrogens with two attached hydrogens (primary N) is 1. The van der Waals surface area contributed by atoms with E-state index in [9.17, 15) is 4.79 Å². The molecule has 2 rings (SSSR count). The average Bonchev–Trinajstić information content (AvgIpc) is 3.19. The van der Waals surface area contributed by atoms with Crippen molar-refractivity contribution < 1.29 is 4.79 Å². The summed E-state index contributed by atoms with van der Waals surface area (Å²) in [5.41, 5.74) is 8.58. The summed E-state index contributed by atoms with van der Waals surface area (Å²) in [6.45, 7) is 7.45. The summed E-state index contributed by atoms with van der Waals surface area (Å²) >= 11 is 0. The Morgan fingerprint density at radius 1 is 1.27 bits per heavy atom. The van der Waals surface area contributed by atoms with Gasteiger partial charge in [0, 0.05) is 44.0 Å². The maximum atomic E-state index is 12.8. The fourth-order valence-corrected chi connectivity index (χ4v) is 2.68. The molecule has 1 aliphatic carbocycles. The molecular formula is C18H29N3O. The van der Waals surface area contributed by atoms with Crippen molar-refractivity contribution in [1.29, 1.82) is 0 Å². The van der Waals surface area contributed by atoms with Gasteiger partial charge in [0.25, 0.3) is 0 Å². The Morgan fingerprint density at radius 3 is 2.41 bits per heavy atom. The minimum Gasteiger partial charge on any atom is -0.399 e. The van der Waals surface area contributed by atoms with Crippen molar-refractivity contribution in [2.75, 3.05) is 31.3 Å². The number of anilines is 2.